The molecule has 9 nitrogen and oxygen atoms in total. The van der Waals surface area contributed by atoms with Gasteiger partial charge in [-0.05, 0) is 12.1 Å². The van der Waals surface area contributed by atoms with Crippen molar-refractivity contribution in [2.24, 2.45) is 0 Å². The summed E-state index contributed by atoms with van der Waals surface area (Å²) in [4.78, 5) is 13.7. The zero-order valence-electron chi connectivity index (χ0n) is 13.1. The molecule has 0 fully saturated rings. The molecule has 0 radical (unpaired) electrons. The van der Waals surface area contributed by atoms with Crippen molar-refractivity contribution in [1.82, 2.24) is 35.3 Å². The van der Waals surface area contributed by atoms with E-state index < -0.39 is 0 Å². The number of nitrogens with one attached hydrogen (secondary N) is 2. The maximum absolute atomic E-state index is 4.47. The van der Waals surface area contributed by atoms with Crippen molar-refractivity contribution in [1.29, 1.82) is 0 Å². The van der Waals surface area contributed by atoms with Gasteiger partial charge in [0.05, 0.1) is 24.2 Å². The van der Waals surface area contributed by atoms with Crippen LogP contribution in [0.1, 0.15) is 0 Å². The standard InChI is InChI=1S/2C3H4N2.2C3H3NO.C3H3NS/c1-2-5-3-4-1;1-2-4-5-3-1;1-2-5-3-4-1;1-2-4-5-3-1;1-2-5-3-4-1/h2*1-3H,(H,4,5);3*1-3H. The van der Waals surface area contributed by atoms with Crippen LogP contribution in [-0.2, 0) is 0 Å². The number of rotatable bonds is 0. The Kier molecular flexibility index (Phi) is 13.1. The monoisotopic (exact) mass is 359 g/mol. The van der Waals surface area contributed by atoms with Gasteiger partial charge in [-0.1, -0.05) is 5.16 Å². The minimum atomic E-state index is 1.38. The largest absolute Gasteiger partial charge is 0.452 e. The van der Waals surface area contributed by atoms with E-state index in [1.807, 2.05) is 11.4 Å². The molecule has 25 heavy (non-hydrogen) atoms. The smallest absolute Gasteiger partial charge is 0.180 e. The van der Waals surface area contributed by atoms with Crippen molar-refractivity contribution in [3.8, 4) is 0 Å². The van der Waals surface area contributed by atoms with Gasteiger partial charge >= 0.3 is 0 Å². The van der Waals surface area contributed by atoms with E-state index >= 15 is 0 Å². The summed E-state index contributed by atoms with van der Waals surface area (Å²) in [5.74, 6) is 0. The molecule has 10 heteroatoms. The molecule has 0 saturated carbocycles. The number of aromatic amines is 2. The van der Waals surface area contributed by atoms with Crippen LogP contribution in [0.3, 0.4) is 0 Å². The quantitative estimate of drug-likeness (QED) is 0.435. The van der Waals surface area contributed by atoms with E-state index in [0.717, 1.165) is 0 Å². The molecule has 5 aromatic rings. The van der Waals surface area contributed by atoms with E-state index in [1.165, 1.54) is 18.9 Å². The minimum Gasteiger partial charge on any atom is -0.452 e. The Morgan fingerprint density at radius 1 is 0.840 bits per heavy atom. The summed E-state index contributed by atoms with van der Waals surface area (Å²) in [6.07, 6.45) is 17.9. The molecule has 5 heterocycles. The van der Waals surface area contributed by atoms with Gasteiger partial charge in [-0.3, -0.25) is 10.1 Å². The molecular formula is C15H17N7O2S. The Labute approximate surface area is 147 Å². The van der Waals surface area contributed by atoms with E-state index in [4.69, 9.17) is 0 Å². The fourth-order valence-electron chi connectivity index (χ4n) is 0.957. The highest BCUT2D eigenvalue weighted by Gasteiger charge is 1.61. The second-order valence-electron chi connectivity index (χ2n) is 3.57. The first-order chi connectivity index (χ1) is 12.5. The number of hydrogen-bond acceptors (Lipinski definition) is 8. The molecule has 130 valence electrons. The minimum absolute atomic E-state index is 1.38. The van der Waals surface area contributed by atoms with Crippen molar-refractivity contribution in [2.45, 2.75) is 0 Å². The molecule has 5 aromatic heterocycles. The third-order valence-corrected chi connectivity index (χ3v) is 2.38. The van der Waals surface area contributed by atoms with Crippen LogP contribution >= 0.6 is 11.3 Å². The molecule has 0 saturated heterocycles. The van der Waals surface area contributed by atoms with Gasteiger partial charge in [0.15, 0.2) is 6.39 Å². The lowest BCUT2D eigenvalue weighted by atomic mass is 10.8. The molecule has 0 atom stereocenters. The lowest BCUT2D eigenvalue weighted by molar-refractivity contribution is 0.420. The van der Waals surface area contributed by atoms with Gasteiger partial charge in [0, 0.05) is 36.4 Å². The number of oxazole rings is 1. The molecule has 0 aliphatic rings. The van der Waals surface area contributed by atoms with Crippen LogP contribution < -0.4 is 0 Å². The van der Waals surface area contributed by atoms with Crippen LogP contribution in [0.25, 0.3) is 0 Å². The average molecular weight is 359 g/mol. The van der Waals surface area contributed by atoms with E-state index in [2.05, 4.69) is 44.2 Å². The average Bonchev–Trinajstić information content (AvgIpc) is 3.55. The van der Waals surface area contributed by atoms with Gasteiger partial charge in [0.25, 0.3) is 0 Å². The number of nitrogens with zero attached hydrogens (tertiary/aromatic N) is 5. The van der Waals surface area contributed by atoms with Crippen LogP contribution in [0.4, 0.5) is 0 Å². The van der Waals surface area contributed by atoms with Crippen LogP contribution in [0, 0.1) is 0 Å². The van der Waals surface area contributed by atoms with Crippen LogP contribution in [0.15, 0.2) is 101 Å². The van der Waals surface area contributed by atoms with Crippen molar-refractivity contribution in [3.05, 3.63) is 91.6 Å². The van der Waals surface area contributed by atoms with Gasteiger partial charge in [-0.25, -0.2) is 9.97 Å². The third kappa shape index (κ3) is 15.1. The van der Waals surface area contributed by atoms with E-state index in [9.17, 15) is 0 Å². The maximum atomic E-state index is 4.47. The van der Waals surface area contributed by atoms with Crippen molar-refractivity contribution < 1.29 is 8.94 Å². The molecule has 0 bridgehead atoms. The Bertz CT molecular complexity index is 471. The van der Waals surface area contributed by atoms with Gasteiger partial charge < -0.3 is 13.9 Å². The highest BCUT2D eigenvalue weighted by molar-refractivity contribution is 7.07. The van der Waals surface area contributed by atoms with E-state index in [0.29, 0.717) is 0 Å². The lowest BCUT2D eigenvalue weighted by Crippen LogP contribution is -1.53. The van der Waals surface area contributed by atoms with Crippen LogP contribution in [-0.4, -0.2) is 35.3 Å². The second kappa shape index (κ2) is 16.8. The third-order valence-electron chi connectivity index (χ3n) is 1.85. The van der Waals surface area contributed by atoms with E-state index in [1.54, 1.807) is 72.6 Å². The van der Waals surface area contributed by atoms with Gasteiger partial charge in [0.2, 0.25) is 0 Å². The summed E-state index contributed by atoms with van der Waals surface area (Å²) >= 11 is 1.60. The predicted octanol–water partition coefficient (Wildman–Crippen LogP) is 3.31. The van der Waals surface area contributed by atoms with Gasteiger partial charge in [0.1, 0.15) is 12.5 Å². The van der Waals surface area contributed by atoms with Gasteiger partial charge in [-0.2, -0.15) is 5.10 Å². The fraction of sp³-hybridized carbons (Fsp3) is 0. The summed E-state index contributed by atoms with van der Waals surface area (Å²) in [5.41, 5.74) is 1.79. The Hall–Kier alpha value is -3.53. The summed E-state index contributed by atoms with van der Waals surface area (Å²) in [5, 5.41) is 11.5. The van der Waals surface area contributed by atoms with Crippen molar-refractivity contribution in [2.75, 3.05) is 0 Å². The second-order valence-corrected chi connectivity index (χ2v) is 4.32. The number of hydrogen-bond donors (Lipinski definition) is 2. The first-order valence-corrected chi connectivity index (χ1v) is 7.79. The molecule has 0 aliphatic carbocycles. The fourth-order valence-corrected chi connectivity index (χ4v) is 1.31. The highest BCUT2D eigenvalue weighted by atomic mass is 32.1. The number of aromatic nitrogens is 7. The SMILES string of the molecule is c1c[nH]cn1.c1cn[nH]c1.c1cnoc1.c1cocn1.c1cscn1. The Morgan fingerprint density at radius 2 is 1.84 bits per heavy atom. The zero-order valence-corrected chi connectivity index (χ0v) is 13.9. The highest BCUT2D eigenvalue weighted by Crippen LogP contribution is 1.85. The molecule has 0 amide bonds. The maximum Gasteiger partial charge on any atom is 0.180 e. The molecule has 0 spiro atoms. The van der Waals surface area contributed by atoms with E-state index in [-0.39, 0.29) is 0 Å². The summed E-state index contributed by atoms with van der Waals surface area (Å²) in [6.45, 7) is 0. The molecule has 0 unspecified atom stereocenters. The molecule has 5 rings (SSSR count). The summed E-state index contributed by atoms with van der Waals surface area (Å²) in [7, 11) is 0. The Morgan fingerprint density at radius 3 is 2.04 bits per heavy atom. The molecular weight excluding hydrogens is 342 g/mol. The van der Waals surface area contributed by atoms with Crippen molar-refractivity contribution in [3.63, 3.8) is 0 Å². The van der Waals surface area contributed by atoms with Crippen LogP contribution in [0.5, 0.6) is 0 Å². The summed E-state index contributed by atoms with van der Waals surface area (Å²) in [6, 6.07) is 3.56. The normalized spacial score (nSPS) is 8.00. The topological polar surface area (TPSA) is 122 Å². The number of H-pyrrole nitrogens is 2. The van der Waals surface area contributed by atoms with Crippen molar-refractivity contribution >= 4 is 11.3 Å². The zero-order chi connectivity index (χ0) is 17.7. The number of thiazole rings is 1. The first-order valence-electron chi connectivity index (χ1n) is 6.85. The molecule has 0 aromatic carbocycles. The summed E-state index contributed by atoms with van der Waals surface area (Å²) < 4.78 is 8.81. The molecule has 2 N–H and O–H groups in total. The lowest BCUT2D eigenvalue weighted by Gasteiger charge is -1.49. The Balaban J connectivity index is 0.000000156. The number of imidazole rings is 1. The predicted molar refractivity (Wildman–Crippen MR) is 92.3 cm³/mol. The first kappa shape index (κ1) is 19.5. The molecule has 0 aliphatic heterocycles. The van der Waals surface area contributed by atoms with Crippen LogP contribution in [0.2, 0.25) is 0 Å². The van der Waals surface area contributed by atoms with Gasteiger partial charge in [-0.15, -0.1) is 11.3 Å².